The van der Waals surface area contributed by atoms with Crippen LogP contribution in [0, 0.1) is 0 Å². The van der Waals surface area contributed by atoms with Crippen molar-refractivity contribution in [2.45, 2.75) is 25.2 Å². The number of nitrogens with one attached hydrogen (secondary N) is 1. The van der Waals surface area contributed by atoms with Gasteiger partial charge in [-0.05, 0) is 42.0 Å². The molecule has 0 saturated carbocycles. The smallest absolute Gasteiger partial charge is 0.243 e. The van der Waals surface area contributed by atoms with Gasteiger partial charge in [0.25, 0.3) is 0 Å². The number of hydrogen-bond donors (Lipinski definition) is 1. The van der Waals surface area contributed by atoms with Crippen molar-refractivity contribution in [3.8, 4) is 0 Å². The Hall–Kier alpha value is -1.70. The lowest BCUT2D eigenvalue weighted by Crippen LogP contribution is -2.30. The summed E-state index contributed by atoms with van der Waals surface area (Å²) < 4.78 is 27.2. The normalized spacial score (nSPS) is 11.5. The molecule has 0 spiro atoms. The second kappa shape index (κ2) is 8.60. The maximum atomic E-state index is 12.4. The highest BCUT2D eigenvalue weighted by atomic mass is 79.9. The van der Waals surface area contributed by atoms with Crippen LogP contribution >= 0.6 is 15.9 Å². The Bertz CT molecular complexity index is 832. The van der Waals surface area contributed by atoms with Crippen molar-refractivity contribution in [2.75, 3.05) is 18.4 Å². The van der Waals surface area contributed by atoms with Crippen LogP contribution in [0.3, 0.4) is 0 Å². The third-order valence-corrected chi connectivity index (χ3v) is 6.29. The minimum Gasteiger partial charge on any atom is -0.326 e. The molecule has 0 aliphatic rings. The van der Waals surface area contributed by atoms with Gasteiger partial charge in [0.05, 0.1) is 11.3 Å². The van der Waals surface area contributed by atoms with Gasteiger partial charge in [-0.15, -0.1) is 0 Å². The number of hydrogen-bond acceptors (Lipinski definition) is 3. The van der Waals surface area contributed by atoms with Gasteiger partial charge in [0, 0.05) is 23.2 Å². The number of anilines is 1. The van der Waals surface area contributed by atoms with Crippen LogP contribution in [0.15, 0.2) is 57.9 Å². The Morgan fingerprint density at radius 2 is 1.72 bits per heavy atom. The molecule has 2 aromatic carbocycles. The van der Waals surface area contributed by atoms with Gasteiger partial charge in [-0.1, -0.05) is 41.9 Å². The molecule has 134 valence electrons. The summed E-state index contributed by atoms with van der Waals surface area (Å²) in [7, 11) is -3.48. The van der Waals surface area contributed by atoms with Gasteiger partial charge >= 0.3 is 0 Å². The second-order valence-electron chi connectivity index (χ2n) is 5.47. The van der Waals surface area contributed by atoms with Crippen molar-refractivity contribution < 1.29 is 13.2 Å². The van der Waals surface area contributed by atoms with Crippen LogP contribution < -0.4 is 5.32 Å². The van der Waals surface area contributed by atoms with Crippen LogP contribution in [0.2, 0.25) is 0 Å². The zero-order valence-corrected chi connectivity index (χ0v) is 16.6. The van der Waals surface area contributed by atoms with Crippen molar-refractivity contribution in [1.82, 2.24) is 4.31 Å². The summed E-state index contributed by atoms with van der Waals surface area (Å²) in [5.41, 5.74) is 1.46. The van der Waals surface area contributed by atoms with E-state index in [1.165, 1.54) is 16.4 Å². The standard InChI is InChI=1S/C18H21BrN2O3S/c1-3-21(4-2)25(23,24)17-10-8-16(9-11-17)20-18(22)13-14-6-5-7-15(19)12-14/h5-12H,3-4,13H2,1-2H3,(H,20,22). The summed E-state index contributed by atoms with van der Waals surface area (Å²) in [6.07, 6.45) is 0.249. The second-order valence-corrected chi connectivity index (χ2v) is 8.32. The minimum absolute atomic E-state index is 0.155. The van der Waals surface area contributed by atoms with E-state index in [1.54, 1.807) is 26.0 Å². The number of carbonyl (C=O) groups excluding carboxylic acids is 1. The van der Waals surface area contributed by atoms with Gasteiger partial charge in [-0.2, -0.15) is 4.31 Å². The van der Waals surface area contributed by atoms with Gasteiger partial charge in [-0.3, -0.25) is 4.79 Å². The van der Waals surface area contributed by atoms with Crippen LogP contribution in [0.25, 0.3) is 0 Å². The monoisotopic (exact) mass is 424 g/mol. The fraction of sp³-hybridized carbons (Fsp3) is 0.278. The average Bonchev–Trinajstić information content (AvgIpc) is 2.56. The maximum absolute atomic E-state index is 12.4. The Morgan fingerprint density at radius 1 is 1.08 bits per heavy atom. The summed E-state index contributed by atoms with van der Waals surface area (Å²) in [4.78, 5) is 12.3. The molecular formula is C18H21BrN2O3S. The number of benzene rings is 2. The van der Waals surface area contributed by atoms with Crippen molar-refractivity contribution in [3.05, 3.63) is 58.6 Å². The van der Waals surface area contributed by atoms with Gasteiger partial charge < -0.3 is 5.32 Å². The van der Waals surface area contributed by atoms with Crippen LogP contribution in [-0.4, -0.2) is 31.7 Å². The number of amides is 1. The first-order chi connectivity index (χ1) is 11.9. The zero-order valence-electron chi connectivity index (χ0n) is 14.2. The quantitative estimate of drug-likeness (QED) is 0.737. The molecule has 0 unspecified atom stereocenters. The lowest BCUT2D eigenvalue weighted by Gasteiger charge is -2.18. The molecule has 1 N–H and O–H groups in total. The Labute approximate surface area is 157 Å². The van der Waals surface area contributed by atoms with E-state index in [0.29, 0.717) is 18.8 Å². The van der Waals surface area contributed by atoms with Crippen molar-refractivity contribution in [2.24, 2.45) is 0 Å². The molecule has 2 rings (SSSR count). The summed E-state index contributed by atoms with van der Waals surface area (Å²) in [6, 6.07) is 13.8. The molecule has 25 heavy (non-hydrogen) atoms. The summed E-state index contributed by atoms with van der Waals surface area (Å²) in [5, 5.41) is 2.78. The molecule has 1 amide bonds. The molecule has 7 heteroatoms. The summed E-state index contributed by atoms with van der Waals surface area (Å²) in [5.74, 6) is -0.155. The molecule has 0 atom stereocenters. The van der Waals surface area contributed by atoms with Crippen LogP contribution in [-0.2, 0) is 21.2 Å². The Kier molecular flexibility index (Phi) is 6.75. The van der Waals surface area contributed by atoms with Crippen molar-refractivity contribution >= 4 is 37.5 Å². The van der Waals surface area contributed by atoms with Gasteiger partial charge in [0.2, 0.25) is 15.9 Å². The number of sulfonamides is 1. The first kappa shape index (κ1) is 19.6. The van der Waals surface area contributed by atoms with Crippen LogP contribution in [0.5, 0.6) is 0 Å². The largest absolute Gasteiger partial charge is 0.326 e. The highest BCUT2D eigenvalue weighted by Crippen LogP contribution is 2.19. The fourth-order valence-electron chi connectivity index (χ4n) is 2.46. The van der Waals surface area contributed by atoms with Crippen LogP contribution in [0.4, 0.5) is 5.69 Å². The van der Waals surface area contributed by atoms with E-state index < -0.39 is 10.0 Å². The Morgan fingerprint density at radius 3 is 2.28 bits per heavy atom. The number of halogens is 1. The molecule has 0 aromatic heterocycles. The lowest BCUT2D eigenvalue weighted by molar-refractivity contribution is -0.115. The molecule has 0 aliphatic heterocycles. The molecule has 0 radical (unpaired) electrons. The molecule has 0 saturated heterocycles. The maximum Gasteiger partial charge on any atom is 0.243 e. The molecule has 0 aliphatic carbocycles. The first-order valence-electron chi connectivity index (χ1n) is 8.01. The van der Waals surface area contributed by atoms with Crippen LogP contribution in [0.1, 0.15) is 19.4 Å². The topological polar surface area (TPSA) is 66.5 Å². The van der Waals surface area contributed by atoms with E-state index in [4.69, 9.17) is 0 Å². The summed E-state index contributed by atoms with van der Waals surface area (Å²) in [6.45, 7) is 4.45. The molecular weight excluding hydrogens is 404 g/mol. The molecule has 0 heterocycles. The summed E-state index contributed by atoms with van der Waals surface area (Å²) >= 11 is 3.38. The molecule has 2 aromatic rings. The van der Waals surface area contributed by atoms with Gasteiger partial charge in [0.15, 0.2) is 0 Å². The minimum atomic E-state index is -3.48. The van der Waals surface area contributed by atoms with E-state index >= 15 is 0 Å². The van der Waals surface area contributed by atoms with E-state index in [1.807, 2.05) is 24.3 Å². The van der Waals surface area contributed by atoms with E-state index in [0.717, 1.165) is 10.0 Å². The van der Waals surface area contributed by atoms with Crippen molar-refractivity contribution in [1.29, 1.82) is 0 Å². The van der Waals surface area contributed by atoms with E-state index in [9.17, 15) is 13.2 Å². The molecule has 0 fully saturated rings. The Balaban J connectivity index is 2.06. The van der Waals surface area contributed by atoms with Gasteiger partial charge in [-0.25, -0.2) is 8.42 Å². The predicted octanol–water partition coefficient (Wildman–Crippen LogP) is 3.66. The third-order valence-electron chi connectivity index (χ3n) is 3.73. The van der Waals surface area contributed by atoms with E-state index in [-0.39, 0.29) is 17.2 Å². The highest BCUT2D eigenvalue weighted by molar-refractivity contribution is 9.10. The van der Waals surface area contributed by atoms with Crippen molar-refractivity contribution in [3.63, 3.8) is 0 Å². The van der Waals surface area contributed by atoms with E-state index in [2.05, 4.69) is 21.2 Å². The zero-order chi connectivity index (χ0) is 18.4. The van der Waals surface area contributed by atoms with Gasteiger partial charge in [0.1, 0.15) is 0 Å². The molecule has 5 nitrogen and oxygen atoms in total. The number of nitrogens with zero attached hydrogens (tertiary/aromatic N) is 1. The first-order valence-corrected chi connectivity index (χ1v) is 10.2. The number of carbonyl (C=O) groups is 1. The average molecular weight is 425 g/mol. The highest BCUT2D eigenvalue weighted by Gasteiger charge is 2.21. The molecule has 0 bridgehead atoms. The SMILES string of the molecule is CCN(CC)S(=O)(=O)c1ccc(NC(=O)Cc2cccc(Br)c2)cc1. The lowest BCUT2D eigenvalue weighted by atomic mass is 10.1. The third kappa shape index (κ3) is 5.14. The fourth-order valence-corrected chi connectivity index (χ4v) is 4.36. The number of rotatable bonds is 7. The predicted molar refractivity (Wildman–Crippen MR) is 103 cm³/mol.